The van der Waals surface area contributed by atoms with E-state index in [1.54, 1.807) is 30.7 Å². The number of anilines is 2. The van der Waals surface area contributed by atoms with Crippen LogP contribution in [0.2, 0.25) is 0 Å². The van der Waals surface area contributed by atoms with Crippen LogP contribution in [0.3, 0.4) is 0 Å². The Morgan fingerprint density at radius 1 is 0.900 bits per heavy atom. The lowest BCUT2D eigenvalue weighted by Crippen LogP contribution is -2.19. The van der Waals surface area contributed by atoms with Crippen LogP contribution in [0.4, 0.5) is 16.2 Å². The predicted octanol–water partition coefficient (Wildman–Crippen LogP) is 3.27. The van der Waals surface area contributed by atoms with Crippen LogP contribution in [-0.4, -0.2) is 16.0 Å². The number of hydrogen-bond donors (Lipinski definition) is 2. The zero-order valence-electron chi connectivity index (χ0n) is 10.6. The van der Waals surface area contributed by atoms with Crippen LogP contribution in [0.25, 0.3) is 10.9 Å². The Hall–Kier alpha value is -2.95. The third-order valence-electron chi connectivity index (χ3n) is 2.82. The van der Waals surface area contributed by atoms with E-state index in [0.717, 1.165) is 10.9 Å². The number of aromatic nitrogens is 2. The lowest BCUT2D eigenvalue weighted by atomic mass is 10.2. The Morgan fingerprint density at radius 2 is 1.70 bits per heavy atom. The highest BCUT2D eigenvalue weighted by Gasteiger charge is 2.06. The summed E-state index contributed by atoms with van der Waals surface area (Å²) in [7, 11) is 0. The molecule has 3 rings (SSSR count). The van der Waals surface area contributed by atoms with Gasteiger partial charge in [-0.05, 0) is 24.3 Å². The van der Waals surface area contributed by atoms with Crippen LogP contribution >= 0.6 is 0 Å². The molecule has 0 bridgehead atoms. The van der Waals surface area contributed by atoms with Crippen molar-refractivity contribution in [3.63, 3.8) is 0 Å². The van der Waals surface area contributed by atoms with Gasteiger partial charge in [-0.2, -0.15) is 0 Å². The number of pyridine rings is 2. The van der Waals surface area contributed by atoms with Crippen molar-refractivity contribution in [1.82, 2.24) is 9.97 Å². The van der Waals surface area contributed by atoms with E-state index in [-0.39, 0.29) is 6.03 Å². The second kappa shape index (κ2) is 5.36. The number of amides is 2. The normalized spacial score (nSPS) is 10.2. The van der Waals surface area contributed by atoms with Crippen LogP contribution in [0, 0.1) is 0 Å². The number of urea groups is 1. The smallest absolute Gasteiger partial charge is 0.308 e. The van der Waals surface area contributed by atoms with Gasteiger partial charge in [0, 0.05) is 29.7 Å². The van der Waals surface area contributed by atoms with Gasteiger partial charge in [-0.25, -0.2) is 4.79 Å². The second-order valence-corrected chi connectivity index (χ2v) is 4.20. The number of nitrogens with zero attached hydrogens (tertiary/aromatic N) is 2. The number of fused-ring (bicyclic) bond motifs is 1. The van der Waals surface area contributed by atoms with Crippen LogP contribution in [-0.2, 0) is 0 Å². The summed E-state index contributed by atoms with van der Waals surface area (Å²) in [5.41, 5.74) is 2.13. The maximum Gasteiger partial charge on any atom is 0.323 e. The molecule has 2 heterocycles. The topological polar surface area (TPSA) is 66.9 Å². The number of nitrogens with one attached hydrogen (secondary N) is 2. The summed E-state index contributed by atoms with van der Waals surface area (Å²) in [4.78, 5) is 20.1. The minimum absolute atomic E-state index is 0.311. The number of carbonyl (C=O) groups excluding carboxylic acids is 1. The molecule has 0 saturated heterocycles. The molecular formula is C15H12N4O. The van der Waals surface area contributed by atoms with Gasteiger partial charge in [-0.3, -0.25) is 9.97 Å². The van der Waals surface area contributed by atoms with Crippen molar-refractivity contribution in [2.75, 3.05) is 10.6 Å². The van der Waals surface area contributed by atoms with Gasteiger partial charge in [0.15, 0.2) is 0 Å². The van der Waals surface area contributed by atoms with Gasteiger partial charge < -0.3 is 10.6 Å². The monoisotopic (exact) mass is 264 g/mol. The molecule has 0 spiro atoms. The third-order valence-corrected chi connectivity index (χ3v) is 2.82. The van der Waals surface area contributed by atoms with E-state index < -0.39 is 0 Å². The largest absolute Gasteiger partial charge is 0.323 e. The summed E-state index contributed by atoms with van der Waals surface area (Å²) < 4.78 is 0. The van der Waals surface area contributed by atoms with Crippen molar-refractivity contribution in [3.8, 4) is 0 Å². The maximum absolute atomic E-state index is 12.0. The van der Waals surface area contributed by atoms with Crippen molar-refractivity contribution in [2.24, 2.45) is 0 Å². The fourth-order valence-electron chi connectivity index (χ4n) is 1.92. The van der Waals surface area contributed by atoms with E-state index in [9.17, 15) is 4.79 Å². The maximum atomic E-state index is 12.0. The van der Waals surface area contributed by atoms with Crippen LogP contribution in [0.15, 0.2) is 61.1 Å². The molecule has 2 N–H and O–H groups in total. The van der Waals surface area contributed by atoms with Crippen molar-refractivity contribution >= 4 is 28.3 Å². The fourth-order valence-corrected chi connectivity index (χ4v) is 1.92. The van der Waals surface area contributed by atoms with Gasteiger partial charge in [0.2, 0.25) is 0 Å². The highest BCUT2D eigenvalue weighted by Crippen LogP contribution is 2.20. The molecule has 3 aromatic rings. The zero-order valence-corrected chi connectivity index (χ0v) is 10.6. The molecule has 1 aromatic carbocycles. The molecule has 0 saturated carbocycles. The molecule has 0 aliphatic carbocycles. The first kappa shape index (κ1) is 12.1. The van der Waals surface area contributed by atoms with Crippen molar-refractivity contribution < 1.29 is 4.79 Å². The zero-order chi connectivity index (χ0) is 13.8. The molecule has 2 aromatic heterocycles. The Bertz CT molecular complexity index is 738. The molecule has 0 fully saturated rings. The number of hydrogen-bond acceptors (Lipinski definition) is 3. The summed E-state index contributed by atoms with van der Waals surface area (Å²) in [6, 6.07) is 12.6. The molecule has 5 heteroatoms. The molecule has 5 nitrogen and oxygen atoms in total. The average Bonchev–Trinajstić information content (AvgIpc) is 2.48. The number of carbonyl (C=O) groups is 1. The lowest BCUT2D eigenvalue weighted by molar-refractivity contribution is 0.262. The van der Waals surface area contributed by atoms with Crippen molar-refractivity contribution in [1.29, 1.82) is 0 Å². The Balaban J connectivity index is 1.81. The van der Waals surface area contributed by atoms with Gasteiger partial charge in [0.25, 0.3) is 0 Å². The molecule has 0 atom stereocenters. The molecule has 0 aliphatic heterocycles. The van der Waals surface area contributed by atoms with E-state index in [2.05, 4.69) is 20.6 Å². The van der Waals surface area contributed by atoms with Gasteiger partial charge >= 0.3 is 6.03 Å². The second-order valence-electron chi connectivity index (χ2n) is 4.20. The van der Waals surface area contributed by atoms with E-state index >= 15 is 0 Å². The summed E-state index contributed by atoms with van der Waals surface area (Å²) >= 11 is 0. The van der Waals surface area contributed by atoms with Crippen LogP contribution in [0.5, 0.6) is 0 Å². The first-order chi connectivity index (χ1) is 9.83. The Kier molecular flexibility index (Phi) is 3.24. The van der Waals surface area contributed by atoms with Gasteiger partial charge in [-0.15, -0.1) is 0 Å². The Labute approximate surface area is 115 Å². The van der Waals surface area contributed by atoms with Crippen molar-refractivity contribution in [3.05, 3.63) is 61.1 Å². The minimum atomic E-state index is -0.311. The SMILES string of the molecule is O=C(Nc1ccncc1)Nc1cccc2cccnc12. The summed E-state index contributed by atoms with van der Waals surface area (Å²) in [6.07, 6.45) is 4.94. The highest BCUT2D eigenvalue weighted by atomic mass is 16.2. The van der Waals surface area contributed by atoms with Gasteiger partial charge in [-0.1, -0.05) is 18.2 Å². The van der Waals surface area contributed by atoms with E-state index in [1.165, 1.54) is 0 Å². The average molecular weight is 264 g/mol. The molecule has 0 unspecified atom stereocenters. The molecule has 98 valence electrons. The number of benzene rings is 1. The Morgan fingerprint density at radius 3 is 2.55 bits per heavy atom. The van der Waals surface area contributed by atoms with E-state index in [1.807, 2.05) is 30.3 Å². The minimum Gasteiger partial charge on any atom is -0.308 e. The van der Waals surface area contributed by atoms with E-state index in [4.69, 9.17) is 0 Å². The quantitative estimate of drug-likeness (QED) is 0.746. The predicted molar refractivity (Wildman–Crippen MR) is 78.6 cm³/mol. The molecule has 2 amide bonds. The summed E-state index contributed by atoms with van der Waals surface area (Å²) in [5, 5.41) is 6.52. The number of rotatable bonds is 2. The molecule has 0 radical (unpaired) electrons. The van der Waals surface area contributed by atoms with Crippen LogP contribution < -0.4 is 10.6 Å². The van der Waals surface area contributed by atoms with Gasteiger partial charge in [0.1, 0.15) is 0 Å². The van der Waals surface area contributed by atoms with Crippen molar-refractivity contribution in [2.45, 2.75) is 0 Å². The molecule has 0 aliphatic rings. The first-order valence-corrected chi connectivity index (χ1v) is 6.15. The molecular weight excluding hydrogens is 252 g/mol. The first-order valence-electron chi connectivity index (χ1n) is 6.15. The third kappa shape index (κ3) is 2.56. The number of para-hydroxylation sites is 1. The lowest BCUT2D eigenvalue weighted by Gasteiger charge is -2.09. The van der Waals surface area contributed by atoms with E-state index in [0.29, 0.717) is 11.4 Å². The fraction of sp³-hybridized carbons (Fsp3) is 0. The highest BCUT2D eigenvalue weighted by molar-refractivity contribution is 6.04. The van der Waals surface area contributed by atoms with Gasteiger partial charge in [0.05, 0.1) is 11.2 Å². The standard InChI is InChI=1S/C15H12N4O/c20-15(18-12-6-9-16-10-7-12)19-13-5-1-3-11-4-2-8-17-14(11)13/h1-10H,(H2,16,18,19,20). The summed E-state index contributed by atoms with van der Waals surface area (Å²) in [5.74, 6) is 0. The molecule has 20 heavy (non-hydrogen) atoms. The van der Waals surface area contributed by atoms with Crippen LogP contribution in [0.1, 0.15) is 0 Å². The summed E-state index contributed by atoms with van der Waals surface area (Å²) in [6.45, 7) is 0.